The number of nitrogens with one attached hydrogen (secondary N) is 1. The van der Waals surface area contributed by atoms with Gasteiger partial charge in [0, 0.05) is 0 Å². The molecule has 0 fully saturated rings. The van der Waals surface area contributed by atoms with Crippen LogP contribution in [0.1, 0.15) is 5.69 Å². The molecule has 0 radical (unpaired) electrons. The number of hydrogen-bond donors (Lipinski definition) is 2. The third-order valence-electron chi connectivity index (χ3n) is 2.16. The number of H-pyrrole nitrogens is 1. The molecule has 16 heavy (non-hydrogen) atoms. The van der Waals surface area contributed by atoms with E-state index in [9.17, 15) is 13.2 Å². The van der Waals surface area contributed by atoms with Crippen molar-refractivity contribution < 1.29 is 8.42 Å². The standard InChI is InChI=1S/C9H9N3O3S/c1-5-9(13)12-8-4-6(16(10,14)15)2-3-7(8)11-5/h2-4H,1H3,(H,12,13)(H2,10,14,15). The van der Waals surface area contributed by atoms with E-state index in [0.29, 0.717) is 16.7 Å². The van der Waals surface area contributed by atoms with Crippen molar-refractivity contribution >= 4 is 21.1 Å². The van der Waals surface area contributed by atoms with Gasteiger partial charge < -0.3 is 4.98 Å². The maximum absolute atomic E-state index is 11.3. The van der Waals surface area contributed by atoms with Crippen molar-refractivity contribution in [1.29, 1.82) is 0 Å². The summed E-state index contributed by atoms with van der Waals surface area (Å²) in [5.41, 5.74) is 0.849. The van der Waals surface area contributed by atoms with E-state index in [1.165, 1.54) is 18.2 Å². The van der Waals surface area contributed by atoms with Gasteiger partial charge in [0.15, 0.2) is 0 Å². The number of aromatic amines is 1. The highest BCUT2D eigenvalue weighted by molar-refractivity contribution is 7.89. The molecule has 3 N–H and O–H groups in total. The smallest absolute Gasteiger partial charge is 0.269 e. The van der Waals surface area contributed by atoms with Gasteiger partial charge in [-0.25, -0.2) is 18.5 Å². The predicted molar refractivity (Wildman–Crippen MR) is 58.5 cm³/mol. The lowest BCUT2D eigenvalue weighted by molar-refractivity contribution is 0.598. The van der Waals surface area contributed by atoms with Crippen LogP contribution < -0.4 is 10.7 Å². The summed E-state index contributed by atoms with van der Waals surface area (Å²) < 4.78 is 22.2. The zero-order valence-electron chi connectivity index (χ0n) is 8.39. The van der Waals surface area contributed by atoms with Crippen LogP contribution in [0.25, 0.3) is 11.0 Å². The molecule has 6 nitrogen and oxygen atoms in total. The van der Waals surface area contributed by atoms with E-state index in [0.717, 1.165) is 0 Å². The molecule has 1 aromatic heterocycles. The van der Waals surface area contributed by atoms with Crippen LogP contribution in [0.5, 0.6) is 0 Å². The summed E-state index contributed by atoms with van der Waals surface area (Å²) >= 11 is 0. The number of rotatable bonds is 1. The van der Waals surface area contributed by atoms with Crippen molar-refractivity contribution in [3.8, 4) is 0 Å². The predicted octanol–water partition coefficient (Wildman–Crippen LogP) is -0.121. The zero-order chi connectivity index (χ0) is 11.9. The fourth-order valence-electron chi connectivity index (χ4n) is 1.33. The molecule has 7 heteroatoms. The van der Waals surface area contributed by atoms with E-state index in [2.05, 4.69) is 9.97 Å². The molecule has 1 aromatic carbocycles. The molecule has 2 aromatic rings. The van der Waals surface area contributed by atoms with Gasteiger partial charge in [0.05, 0.1) is 15.9 Å². The van der Waals surface area contributed by atoms with Gasteiger partial charge in [0.1, 0.15) is 5.69 Å². The SMILES string of the molecule is Cc1nc2ccc(S(N)(=O)=O)cc2[nH]c1=O. The fourth-order valence-corrected chi connectivity index (χ4v) is 1.87. The van der Waals surface area contributed by atoms with E-state index in [-0.39, 0.29) is 10.5 Å². The largest absolute Gasteiger partial charge is 0.319 e. The van der Waals surface area contributed by atoms with Crippen LogP contribution in [-0.4, -0.2) is 18.4 Å². The minimum absolute atomic E-state index is 0.0543. The quantitative estimate of drug-likeness (QED) is 0.723. The molecule has 0 unspecified atom stereocenters. The van der Waals surface area contributed by atoms with Crippen LogP contribution >= 0.6 is 0 Å². The van der Waals surface area contributed by atoms with Gasteiger partial charge in [-0.1, -0.05) is 0 Å². The molecule has 84 valence electrons. The molecule has 0 aliphatic rings. The second-order valence-corrected chi connectivity index (χ2v) is 4.94. The highest BCUT2D eigenvalue weighted by atomic mass is 32.2. The third kappa shape index (κ3) is 1.82. The van der Waals surface area contributed by atoms with Gasteiger partial charge in [-0.2, -0.15) is 0 Å². The number of aromatic nitrogens is 2. The summed E-state index contributed by atoms with van der Waals surface area (Å²) in [6, 6.07) is 4.14. The summed E-state index contributed by atoms with van der Waals surface area (Å²) in [5, 5.41) is 4.98. The number of sulfonamides is 1. The average molecular weight is 239 g/mol. The highest BCUT2D eigenvalue weighted by Gasteiger charge is 2.09. The van der Waals surface area contributed by atoms with Crippen molar-refractivity contribution in [2.45, 2.75) is 11.8 Å². The molecule has 0 saturated heterocycles. The van der Waals surface area contributed by atoms with Crippen molar-refractivity contribution in [3.63, 3.8) is 0 Å². The van der Waals surface area contributed by atoms with Crippen molar-refractivity contribution in [2.75, 3.05) is 0 Å². The molecule has 0 bridgehead atoms. The zero-order valence-corrected chi connectivity index (χ0v) is 9.21. The van der Waals surface area contributed by atoms with Crippen LogP contribution in [0.15, 0.2) is 27.9 Å². The van der Waals surface area contributed by atoms with Crippen LogP contribution in [0, 0.1) is 6.92 Å². The average Bonchev–Trinajstić information content (AvgIpc) is 2.17. The summed E-state index contributed by atoms with van der Waals surface area (Å²) in [5.74, 6) is 0. The molecule has 2 rings (SSSR count). The first-order valence-electron chi connectivity index (χ1n) is 4.41. The van der Waals surface area contributed by atoms with Crippen LogP contribution in [0.2, 0.25) is 0 Å². The first kappa shape index (κ1) is 10.8. The highest BCUT2D eigenvalue weighted by Crippen LogP contribution is 2.13. The van der Waals surface area contributed by atoms with Crippen molar-refractivity contribution in [3.05, 3.63) is 34.2 Å². The number of nitrogens with zero attached hydrogens (tertiary/aromatic N) is 1. The Morgan fingerprint density at radius 2 is 2.06 bits per heavy atom. The molecule has 1 heterocycles. The first-order valence-corrected chi connectivity index (χ1v) is 5.96. The van der Waals surface area contributed by atoms with E-state index in [1.54, 1.807) is 6.92 Å². The Bertz CT molecular complexity index is 718. The lowest BCUT2D eigenvalue weighted by atomic mass is 10.3. The summed E-state index contributed by atoms with van der Waals surface area (Å²) in [6.45, 7) is 1.58. The molecular formula is C9H9N3O3S. The number of primary sulfonamides is 1. The van der Waals surface area contributed by atoms with Gasteiger partial charge in [0.2, 0.25) is 10.0 Å². The Hall–Kier alpha value is -1.73. The van der Waals surface area contributed by atoms with E-state index >= 15 is 0 Å². The maximum atomic E-state index is 11.3. The number of fused-ring (bicyclic) bond motifs is 1. The lowest BCUT2D eigenvalue weighted by Gasteiger charge is -2.01. The van der Waals surface area contributed by atoms with Crippen molar-refractivity contribution in [2.24, 2.45) is 5.14 Å². The topological polar surface area (TPSA) is 106 Å². The van der Waals surface area contributed by atoms with Gasteiger partial charge in [-0.05, 0) is 25.1 Å². The molecule has 0 spiro atoms. The Balaban J connectivity index is 2.82. The Labute approximate surface area is 91.2 Å². The summed E-state index contributed by atoms with van der Waals surface area (Å²) in [6.07, 6.45) is 0. The van der Waals surface area contributed by atoms with E-state index in [1.807, 2.05) is 0 Å². The second-order valence-electron chi connectivity index (χ2n) is 3.38. The molecule has 0 saturated carbocycles. The first-order chi connectivity index (χ1) is 7.38. The minimum atomic E-state index is -3.77. The number of aryl methyl sites for hydroxylation is 1. The van der Waals surface area contributed by atoms with Crippen LogP contribution in [-0.2, 0) is 10.0 Å². The van der Waals surface area contributed by atoms with Gasteiger partial charge in [-0.3, -0.25) is 4.79 Å². The molecule has 0 aliphatic heterocycles. The van der Waals surface area contributed by atoms with Crippen LogP contribution in [0.4, 0.5) is 0 Å². The van der Waals surface area contributed by atoms with Gasteiger partial charge in [0.25, 0.3) is 5.56 Å². The fraction of sp³-hybridized carbons (Fsp3) is 0.111. The third-order valence-corrected chi connectivity index (χ3v) is 3.07. The number of nitrogens with two attached hydrogens (primary N) is 1. The monoisotopic (exact) mass is 239 g/mol. The molecule has 0 atom stereocenters. The molecule has 0 amide bonds. The maximum Gasteiger partial charge on any atom is 0.269 e. The lowest BCUT2D eigenvalue weighted by Crippen LogP contribution is -2.14. The van der Waals surface area contributed by atoms with E-state index in [4.69, 9.17) is 5.14 Å². The Morgan fingerprint density at radius 1 is 1.38 bits per heavy atom. The van der Waals surface area contributed by atoms with Crippen molar-refractivity contribution in [1.82, 2.24) is 9.97 Å². The molecular weight excluding hydrogens is 230 g/mol. The Morgan fingerprint density at radius 3 is 2.69 bits per heavy atom. The minimum Gasteiger partial charge on any atom is -0.319 e. The van der Waals surface area contributed by atoms with Gasteiger partial charge >= 0.3 is 0 Å². The summed E-state index contributed by atoms with van der Waals surface area (Å²) in [4.78, 5) is 17.8. The second kappa shape index (κ2) is 3.39. The summed E-state index contributed by atoms with van der Waals surface area (Å²) in [7, 11) is -3.77. The molecule has 0 aliphatic carbocycles. The number of hydrogen-bond acceptors (Lipinski definition) is 4. The number of benzene rings is 1. The van der Waals surface area contributed by atoms with E-state index < -0.39 is 10.0 Å². The van der Waals surface area contributed by atoms with Crippen LogP contribution in [0.3, 0.4) is 0 Å². The normalized spacial score (nSPS) is 11.9. The van der Waals surface area contributed by atoms with Gasteiger partial charge in [-0.15, -0.1) is 0 Å². The Kier molecular flexibility index (Phi) is 2.28.